The predicted molar refractivity (Wildman–Crippen MR) is 175 cm³/mol. The summed E-state index contributed by atoms with van der Waals surface area (Å²) in [5, 5.41) is 0. The van der Waals surface area contributed by atoms with Gasteiger partial charge in [-0.15, -0.1) is 0 Å². The van der Waals surface area contributed by atoms with Crippen molar-refractivity contribution in [2.75, 3.05) is 33.3 Å². The molecule has 0 radical (unpaired) electrons. The Hall–Kier alpha value is -5.42. The number of hydrogen-bond donors (Lipinski definition) is 0. The van der Waals surface area contributed by atoms with E-state index in [2.05, 4.69) is 78.0 Å². The SMILES string of the molecule is COc1ccc(C(=CN(C=C(c2ccc(OC)cc2)c2ccc(OC)cc2)c2ccccc2)c2ccc(OC)cc2)cc1. The van der Waals surface area contributed by atoms with Crippen molar-refractivity contribution in [1.29, 1.82) is 0 Å². The van der Waals surface area contributed by atoms with Crippen LogP contribution in [0.2, 0.25) is 0 Å². The molecule has 0 atom stereocenters. The van der Waals surface area contributed by atoms with E-state index in [1.54, 1.807) is 28.4 Å². The Morgan fingerprint density at radius 2 is 0.674 bits per heavy atom. The van der Waals surface area contributed by atoms with Crippen molar-refractivity contribution < 1.29 is 18.9 Å². The third-order valence-electron chi connectivity index (χ3n) is 7.19. The van der Waals surface area contributed by atoms with Crippen LogP contribution < -0.4 is 23.8 Å². The molecule has 43 heavy (non-hydrogen) atoms. The van der Waals surface area contributed by atoms with Crippen LogP contribution in [0.1, 0.15) is 22.3 Å². The summed E-state index contributed by atoms with van der Waals surface area (Å²) in [6.07, 6.45) is 4.35. The van der Waals surface area contributed by atoms with Crippen LogP contribution in [0.3, 0.4) is 0 Å². The van der Waals surface area contributed by atoms with E-state index in [0.717, 1.165) is 62.1 Å². The summed E-state index contributed by atoms with van der Waals surface area (Å²) >= 11 is 0. The summed E-state index contributed by atoms with van der Waals surface area (Å²) in [5.41, 5.74) is 7.29. The first-order valence-electron chi connectivity index (χ1n) is 14.0. The lowest BCUT2D eigenvalue weighted by Crippen LogP contribution is -2.11. The third kappa shape index (κ3) is 7.08. The van der Waals surface area contributed by atoms with Gasteiger partial charge in [-0.2, -0.15) is 0 Å². The number of methoxy groups -OCH3 is 4. The first-order chi connectivity index (χ1) is 21.1. The number of hydrogen-bond acceptors (Lipinski definition) is 5. The number of para-hydroxylation sites is 1. The second-order valence-corrected chi connectivity index (χ2v) is 9.74. The van der Waals surface area contributed by atoms with Crippen LogP contribution in [-0.4, -0.2) is 28.4 Å². The molecule has 5 aromatic rings. The molecule has 0 fully saturated rings. The summed E-state index contributed by atoms with van der Waals surface area (Å²) in [7, 11) is 6.71. The molecule has 0 aliphatic rings. The largest absolute Gasteiger partial charge is 0.497 e. The molecule has 0 saturated heterocycles. The van der Waals surface area contributed by atoms with Crippen LogP contribution in [-0.2, 0) is 0 Å². The van der Waals surface area contributed by atoms with Gasteiger partial charge in [0.15, 0.2) is 0 Å². The van der Waals surface area contributed by atoms with Crippen LogP contribution in [0.25, 0.3) is 11.1 Å². The van der Waals surface area contributed by atoms with Crippen molar-refractivity contribution in [2.24, 2.45) is 0 Å². The normalized spacial score (nSPS) is 10.3. The van der Waals surface area contributed by atoms with Crippen LogP contribution >= 0.6 is 0 Å². The molecule has 0 spiro atoms. The van der Waals surface area contributed by atoms with Gasteiger partial charge >= 0.3 is 0 Å². The summed E-state index contributed by atoms with van der Waals surface area (Å²) in [5.74, 6) is 3.22. The van der Waals surface area contributed by atoms with Crippen molar-refractivity contribution in [3.05, 3.63) is 162 Å². The van der Waals surface area contributed by atoms with Gasteiger partial charge in [0.25, 0.3) is 0 Å². The minimum atomic E-state index is 0.805. The predicted octanol–water partition coefficient (Wildman–Crippen LogP) is 8.71. The van der Waals surface area contributed by atoms with Gasteiger partial charge in [-0.05, 0) is 82.9 Å². The summed E-state index contributed by atoms with van der Waals surface area (Å²) in [6.45, 7) is 0. The van der Waals surface area contributed by atoms with Crippen molar-refractivity contribution in [1.82, 2.24) is 0 Å². The Kier molecular flexibility index (Phi) is 9.45. The van der Waals surface area contributed by atoms with Gasteiger partial charge in [-0.1, -0.05) is 66.7 Å². The highest BCUT2D eigenvalue weighted by Crippen LogP contribution is 2.32. The number of nitrogens with zero attached hydrogens (tertiary/aromatic N) is 1. The number of benzene rings is 5. The summed E-state index contributed by atoms with van der Waals surface area (Å²) < 4.78 is 21.8. The van der Waals surface area contributed by atoms with E-state index >= 15 is 0 Å². The Bertz CT molecular complexity index is 1450. The molecule has 0 N–H and O–H groups in total. The van der Waals surface area contributed by atoms with Gasteiger partial charge in [0.05, 0.1) is 28.4 Å². The molecular formula is C38H35NO4. The van der Waals surface area contributed by atoms with Crippen LogP contribution in [0.5, 0.6) is 23.0 Å². The first-order valence-corrected chi connectivity index (χ1v) is 14.0. The van der Waals surface area contributed by atoms with Crippen molar-refractivity contribution in [3.63, 3.8) is 0 Å². The molecule has 0 aromatic heterocycles. The van der Waals surface area contributed by atoms with E-state index < -0.39 is 0 Å². The fourth-order valence-corrected chi connectivity index (χ4v) is 4.78. The average Bonchev–Trinajstić information content (AvgIpc) is 3.09. The highest BCUT2D eigenvalue weighted by atomic mass is 16.5. The Morgan fingerprint density at radius 3 is 0.930 bits per heavy atom. The van der Waals surface area contributed by atoms with Gasteiger partial charge in [0.2, 0.25) is 0 Å². The van der Waals surface area contributed by atoms with Crippen molar-refractivity contribution in [2.45, 2.75) is 0 Å². The van der Waals surface area contributed by atoms with E-state index in [1.807, 2.05) is 66.7 Å². The lowest BCUT2D eigenvalue weighted by molar-refractivity contribution is 0.414. The minimum absolute atomic E-state index is 0.805. The quantitative estimate of drug-likeness (QED) is 0.159. The van der Waals surface area contributed by atoms with E-state index in [9.17, 15) is 0 Å². The maximum Gasteiger partial charge on any atom is 0.118 e. The fraction of sp³-hybridized carbons (Fsp3) is 0.105. The highest BCUT2D eigenvalue weighted by Gasteiger charge is 2.13. The van der Waals surface area contributed by atoms with Crippen molar-refractivity contribution in [3.8, 4) is 23.0 Å². The van der Waals surface area contributed by atoms with Gasteiger partial charge in [-0.3, -0.25) is 0 Å². The fourth-order valence-electron chi connectivity index (χ4n) is 4.78. The second kappa shape index (κ2) is 14.0. The minimum Gasteiger partial charge on any atom is -0.497 e. The average molecular weight is 570 g/mol. The van der Waals surface area contributed by atoms with E-state index in [1.165, 1.54) is 0 Å². The molecule has 0 amide bonds. The molecule has 5 heteroatoms. The Balaban J connectivity index is 1.72. The highest BCUT2D eigenvalue weighted by molar-refractivity contribution is 5.86. The van der Waals surface area contributed by atoms with Crippen LogP contribution in [0, 0.1) is 0 Å². The molecule has 0 unspecified atom stereocenters. The number of anilines is 1. The van der Waals surface area contributed by atoms with E-state index in [-0.39, 0.29) is 0 Å². The smallest absolute Gasteiger partial charge is 0.118 e. The molecule has 5 rings (SSSR count). The third-order valence-corrected chi connectivity index (χ3v) is 7.19. The first kappa shape index (κ1) is 29.1. The molecule has 0 bridgehead atoms. The van der Waals surface area contributed by atoms with Gasteiger partial charge < -0.3 is 23.8 Å². The number of rotatable bonds is 11. The summed E-state index contributed by atoms with van der Waals surface area (Å²) in [4.78, 5) is 2.17. The second-order valence-electron chi connectivity index (χ2n) is 9.74. The van der Waals surface area contributed by atoms with Gasteiger partial charge in [0.1, 0.15) is 23.0 Å². The zero-order chi connectivity index (χ0) is 30.0. The zero-order valence-corrected chi connectivity index (χ0v) is 24.9. The molecule has 0 heterocycles. The summed E-state index contributed by atoms with van der Waals surface area (Å²) in [6, 6.07) is 42.8. The molecule has 0 aliphatic heterocycles. The maximum absolute atomic E-state index is 5.45. The Labute approximate surface area is 253 Å². The molecule has 0 saturated carbocycles. The number of ether oxygens (including phenoxy) is 4. The molecule has 5 aromatic carbocycles. The van der Waals surface area contributed by atoms with E-state index in [4.69, 9.17) is 18.9 Å². The molecular weight excluding hydrogens is 534 g/mol. The van der Waals surface area contributed by atoms with Crippen LogP contribution in [0.4, 0.5) is 5.69 Å². The van der Waals surface area contributed by atoms with E-state index in [0.29, 0.717) is 0 Å². The van der Waals surface area contributed by atoms with Crippen molar-refractivity contribution >= 4 is 16.8 Å². The standard InChI is InChI=1S/C38H35NO4/c1-40-33-18-10-28(11-19-33)37(29-12-20-34(41-2)21-13-29)26-39(32-8-6-5-7-9-32)27-38(30-14-22-35(42-3)23-15-30)31-16-24-36(43-4)25-17-31/h5-27H,1-4H3. The maximum atomic E-state index is 5.45. The monoisotopic (exact) mass is 569 g/mol. The zero-order valence-electron chi connectivity index (χ0n) is 24.9. The Morgan fingerprint density at radius 1 is 0.395 bits per heavy atom. The van der Waals surface area contributed by atoms with Crippen LogP contribution in [0.15, 0.2) is 140 Å². The van der Waals surface area contributed by atoms with Gasteiger partial charge in [-0.25, -0.2) is 0 Å². The molecule has 0 aliphatic carbocycles. The topological polar surface area (TPSA) is 40.2 Å². The lowest BCUT2D eigenvalue weighted by atomic mass is 9.97. The molecule has 216 valence electrons. The lowest BCUT2D eigenvalue weighted by Gasteiger charge is -2.22. The van der Waals surface area contributed by atoms with Gasteiger partial charge in [0, 0.05) is 29.2 Å². The molecule has 5 nitrogen and oxygen atoms in total.